The standard InChI is InChI=1S/C58H42N4O6/c1-31(2)67-57-51(53(63)35-19-11-13-21-37(35)55(57)65)49-43-27-23-39(59-43)47(33-15-7-5-8-16-33)41-25-29-45(61-41)50(52-54(64)36-20-12-14-22-38(36)56(66)58(52)68-32(3)4)46-30-26-42(62-46)48(34-17-9-6-10-18-34)40-24-28-44(49)60-40/h5-32,59,62H,1-4H3. The van der Waals surface area contributed by atoms with Crippen molar-refractivity contribution in [1.29, 1.82) is 0 Å². The summed E-state index contributed by atoms with van der Waals surface area (Å²) < 4.78 is 12.7. The molecule has 0 amide bonds. The fourth-order valence-electron chi connectivity index (χ4n) is 9.40. The number of nitrogens with zero attached hydrogens (tertiary/aromatic N) is 2. The van der Waals surface area contributed by atoms with Crippen LogP contribution < -0.4 is 0 Å². The van der Waals surface area contributed by atoms with Gasteiger partial charge in [0.1, 0.15) is 0 Å². The Morgan fingerprint density at radius 3 is 1.00 bits per heavy atom. The summed E-state index contributed by atoms with van der Waals surface area (Å²) in [6.07, 6.45) is 6.61. The van der Waals surface area contributed by atoms with Gasteiger partial charge in [-0.2, -0.15) is 0 Å². The van der Waals surface area contributed by atoms with Gasteiger partial charge in [0.25, 0.3) is 0 Å². The van der Waals surface area contributed by atoms with E-state index in [4.69, 9.17) is 19.4 Å². The number of hydrogen-bond acceptors (Lipinski definition) is 8. The molecule has 0 spiro atoms. The number of hydrogen-bond donors (Lipinski definition) is 2. The number of rotatable bonds is 8. The van der Waals surface area contributed by atoms with Crippen LogP contribution in [0.4, 0.5) is 0 Å². The quantitative estimate of drug-likeness (QED) is 0.153. The third-order valence-corrected chi connectivity index (χ3v) is 12.2. The molecule has 2 N–H and O–H groups in total. The molecule has 4 aliphatic rings. The second-order valence-corrected chi connectivity index (χ2v) is 17.4. The minimum absolute atomic E-state index is 0.0544. The smallest absolute Gasteiger partial charge is 0.229 e. The fraction of sp³-hybridized carbons (Fsp3) is 0.103. The van der Waals surface area contributed by atoms with Gasteiger partial charge in [0.05, 0.1) is 46.1 Å². The lowest BCUT2D eigenvalue weighted by Gasteiger charge is -2.23. The van der Waals surface area contributed by atoms with Crippen molar-refractivity contribution in [2.75, 3.05) is 0 Å². The topological polar surface area (TPSA) is 144 Å². The van der Waals surface area contributed by atoms with E-state index in [0.29, 0.717) is 67.1 Å². The highest BCUT2D eigenvalue weighted by Crippen LogP contribution is 2.42. The van der Waals surface area contributed by atoms with Crippen LogP contribution in [0.5, 0.6) is 0 Å². The largest absolute Gasteiger partial charge is 0.486 e. The van der Waals surface area contributed by atoms with Gasteiger partial charge in [0.2, 0.25) is 11.6 Å². The van der Waals surface area contributed by atoms with E-state index in [0.717, 1.165) is 11.1 Å². The Kier molecular flexibility index (Phi) is 10.2. The highest BCUT2D eigenvalue weighted by atomic mass is 16.5. The van der Waals surface area contributed by atoms with Crippen molar-refractivity contribution in [3.05, 3.63) is 201 Å². The van der Waals surface area contributed by atoms with Crippen molar-refractivity contribution in [3.8, 4) is 22.3 Å². The number of carbonyl (C=O) groups is 4. The van der Waals surface area contributed by atoms with E-state index in [1.165, 1.54) is 0 Å². The summed E-state index contributed by atoms with van der Waals surface area (Å²) in [4.78, 5) is 76.9. The van der Waals surface area contributed by atoms with Gasteiger partial charge in [-0.05, 0) is 87.4 Å². The van der Waals surface area contributed by atoms with Crippen LogP contribution in [0.2, 0.25) is 0 Å². The summed E-state index contributed by atoms with van der Waals surface area (Å²) in [6.45, 7) is 7.30. The van der Waals surface area contributed by atoms with Crippen molar-refractivity contribution < 1.29 is 28.7 Å². The second kappa shape index (κ2) is 16.6. The van der Waals surface area contributed by atoms with E-state index in [-0.39, 0.29) is 56.5 Å². The third-order valence-electron chi connectivity index (χ3n) is 12.2. The van der Waals surface area contributed by atoms with Gasteiger partial charge in [-0.1, -0.05) is 109 Å². The van der Waals surface area contributed by atoms with E-state index in [9.17, 15) is 9.59 Å². The molecule has 0 radical (unpaired) electrons. The van der Waals surface area contributed by atoms with E-state index in [1.54, 1.807) is 48.5 Å². The molecule has 4 aromatic carbocycles. The summed E-state index contributed by atoms with van der Waals surface area (Å²) in [5.41, 5.74) is 9.44. The Balaban J connectivity index is 1.32. The number of nitrogens with one attached hydrogen (secondary N) is 2. The van der Waals surface area contributed by atoms with Crippen molar-refractivity contribution in [1.82, 2.24) is 19.9 Å². The average molecular weight is 891 g/mol. The molecule has 11 rings (SSSR count). The van der Waals surface area contributed by atoms with Crippen LogP contribution in [0.15, 0.2) is 145 Å². The number of Topliss-reactive ketones (excluding diaryl/α,β-unsaturated/α-hetero) is 4. The van der Waals surface area contributed by atoms with Gasteiger partial charge >= 0.3 is 0 Å². The SMILES string of the molecule is CC(C)OC1=C(c2c3nc(c(-c4ccccc4)c4ccc([nH]4)c(C4=C(OC(C)C)C(=O)c5ccccc5C4=O)c4nc(c(-c5ccccc5)c5ccc2[nH]5)C=C4)C=C3)C(=O)c2ccccc2C1=O. The number of carbonyl (C=O) groups excluding carboxylic acids is 4. The molecule has 0 atom stereocenters. The lowest BCUT2D eigenvalue weighted by atomic mass is 9.84. The highest BCUT2D eigenvalue weighted by molar-refractivity contribution is 6.42. The number of allylic oxidation sites excluding steroid dienone is 4. The minimum atomic E-state index is -0.436. The third kappa shape index (κ3) is 6.96. The monoisotopic (exact) mass is 890 g/mol. The molecule has 10 heteroatoms. The Morgan fingerprint density at radius 1 is 0.368 bits per heavy atom. The van der Waals surface area contributed by atoms with Crippen LogP contribution in [-0.4, -0.2) is 55.3 Å². The first-order valence-electron chi connectivity index (χ1n) is 22.5. The first-order chi connectivity index (χ1) is 33.0. The van der Waals surface area contributed by atoms with Crippen molar-refractivity contribution >= 4 is 80.7 Å². The predicted molar refractivity (Wildman–Crippen MR) is 266 cm³/mol. The Labute approximate surface area is 391 Å². The molecule has 10 nitrogen and oxygen atoms in total. The maximum atomic E-state index is 15.0. The van der Waals surface area contributed by atoms with Crippen LogP contribution in [0.3, 0.4) is 0 Å². The van der Waals surface area contributed by atoms with Crippen LogP contribution >= 0.6 is 0 Å². The number of aromatic amines is 2. The van der Waals surface area contributed by atoms with E-state index >= 15 is 9.59 Å². The van der Waals surface area contributed by atoms with Crippen LogP contribution in [0.25, 0.3) is 79.8 Å². The van der Waals surface area contributed by atoms with Crippen LogP contribution in [0, 0.1) is 0 Å². The first-order valence-corrected chi connectivity index (χ1v) is 22.5. The molecule has 3 aromatic heterocycles. The molecule has 330 valence electrons. The number of ketones is 4. The average Bonchev–Trinajstić information content (AvgIpc) is 4.20. The molecular formula is C58H42N4O6. The van der Waals surface area contributed by atoms with Crippen LogP contribution in [0.1, 0.15) is 103 Å². The Morgan fingerprint density at radius 2 is 0.662 bits per heavy atom. The highest BCUT2D eigenvalue weighted by Gasteiger charge is 2.39. The number of ether oxygens (including phenoxy) is 2. The van der Waals surface area contributed by atoms with Crippen molar-refractivity contribution in [2.24, 2.45) is 0 Å². The number of aromatic nitrogens is 4. The summed E-state index contributed by atoms with van der Waals surface area (Å²) in [6, 6.07) is 40.7. The van der Waals surface area contributed by atoms with Crippen LogP contribution in [-0.2, 0) is 9.47 Å². The number of benzene rings is 4. The second-order valence-electron chi connectivity index (χ2n) is 17.4. The molecule has 0 saturated carbocycles. The van der Waals surface area contributed by atoms with Gasteiger partial charge in [0, 0.05) is 66.6 Å². The van der Waals surface area contributed by atoms with Crippen molar-refractivity contribution in [3.63, 3.8) is 0 Å². The lowest BCUT2D eigenvalue weighted by molar-refractivity contribution is 0.0820. The Hall–Kier alpha value is -8.76. The minimum Gasteiger partial charge on any atom is -0.486 e. The fourth-order valence-corrected chi connectivity index (χ4v) is 9.40. The zero-order valence-electron chi connectivity index (χ0n) is 37.5. The molecule has 68 heavy (non-hydrogen) atoms. The van der Waals surface area contributed by atoms with Crippen molar-refractivity contribution in [2.45, 2.75) is 39.9 Å². The molecule has 2 aliphatic carbocycles. The summed E-state index contributed by atoms with van der Waals surface area (Å²) in [5.74, 6) is -1.63. The molecule has 0 saturated heterocycles. The molecule has 0 unspecified atom stereocenters. The van der Waals surface area contributed by atoms with E-state index < -0.39 is 23.8 Å². The van der Waals surface area contributed by atoms with Gasteiger partial charge in [-0.25, -0.2) is 9.97 Å². The molecule has 7 aromatic rings. The zero-order valence-corrected chi connectivity index (χ0v) is 37.5. The summed E-state index contributed by atoms with van der Waals surface area (Å²) in [5, 5.41) is 0. The summed E-state index contributed by atoms with van der Waals surface area (Å²) >= 11 is 0. The number of fused-ring (bicyclic) bond motifs is 10. The normalized spacial score (nSPS) is 14.3. The molecule has 0 fully saturated rings. The van der Waals surface area contributed by atoms with Gasteiger partial charge in [-0.3, -0.25) is 19.2 Å². The predicted octanol–water partition coefficient (Wildman–Crippen LogP) is 12.4. The number of H-pyrrole nitrogens is 2. The van der Waals surface area contributed by atoms with Gasteiger partial charge in [0.15, 0.2) is 23.1 Å². The lowest BCUT2D eigenvalue weighted by Crippen LogP contribution is -2.25. The van der Waals surface area contributed by atoms with Gasteiger partial charge in [-0.15, -0.1) is 0 Å². The molecule has 8 bridgehead atoms. The zero-order chi connectivity index (χ0) is 46.8. The molecule has 5 heterocycles. The summed E-state index contributed by atoms with van der Waals surface area (Å²) in [7, 11) is 0. The first kappa shape index (κ1) is 41.9. The maximum Gasteiger partial charge on any atom is 0.229 e. The molecule has 2 aliphatic heterocycles. The molecular weight excluding hydrogens is 849 g/mol. The van der Waals surface area contributed by atoms with E-state index in [2.05, 4.69) is 9.97 Å². The Bertz CT molecular complexity index is 3400. The van der Waals surface area contributed by atoms with E-state index in [1.807, 2.05) is 137 Å². The maximum absolute atomic E-state index is 15.0. The van der Waals surface area contributed by atoms with Gasteiger partial charge < -0.3 is 19.4 Å².